The number of aliphatic hydroxyl groups is 1. The van der Waals surface area contributed by atoms with Gasteiger partial charge in [-0.05, 0) is 19.9 Å². The summed E-state index contributed by atoms with van der Waals surface area (Å²) in [5, 5.41) is 12.3. The van der Waals surface area contributed by atoms with E-state index < -0.39 is 0 Å². The molecule has 0 saturated carbocycles. The Balaban J connectivity index is 2.64. The molecule has 5 heteroatoms. The predicted molar refractivity (Wildman–Crippen MR) is 64.4 cm³/mol. The van der Waals surface area contributed by atoms with Crippen molar-refractivity contribution >= 4 is 5.95 Å². The van der Waals surface area contributed by atoms with Crippen LogP contribution >= 0.6 is 0 Å². The van der Waals surface area contributed by atoms with Crippen molar-refractivity contribution < 1.29 is 5.11 Å². The van der Waals surface area contributed by atoms with E-state index in [1.807, 2.05) is 38.9 Å². The maximum Gasteiger partial charge on any atom is 0.225 e. The van der Waals surface area contributed by atoms with Crippen molar-refractivity contribution in [2.45, 2.75) is 25.9 Å². The zero-order valence-electron chi connectivity index (χ0n) is 10.4. The number of aromatic nitrogens is 2. The average Bonchev–Trinajstić information content (AvgIpc) is 2.27. The molecule has 16 heavy (non-hydrogen) atoms. The maximum atomic E-state index is 9.11. The van der Waals surface area contributed by atoms with Gasteiger partial charge in [0.1, 0.15) is 0 Å². The Bertz CT molecular complexity index is 339. The van der Waals surface area contributed by atoms with Crippen molar-refractivity contribution in [3.05, 3.63) is 18.0 Å². The molecule has 0 atom stereocenters. The van der Waals surface area contributed by atoms with Crippen LogP contribution in [0, 0.1) is 0 Å². The van der Waals surface area contributed by atoms with Crippen LogP contribution in [0.1, 0.15) is 19.5 Å². The van der Waals surface area contributed by atoms with Crippen LogP contribution in [0.2, 0.25) is 0 Å². The quantitative estimate of drug-likeness (QED) is 0.758. The number of nitrogens with zero attached hydrogens (tertiary/aromatic N) is 3. The Kier molecular flexibility index (Phi) is 4.20. The molecule has 5 nitrogen and oxygen atoms in total. The number of anilines is 1. The molecule has 0 bridgehead atoms. The van der Waals surface area contributed by atoms with Gasteiger partial charge >= 0.3 is 0 Å². The van der Waals surface area contributed by atoms with Crippen LogP contribution in [-0.4, -0.2) is 41.3 Å². The highest BCUT2D eigenvalue weighted by Crippen LogP contribution is 2.06. The first-order valence-corrected chi connectivity index (χ1v) is 5.30. The van der Waals surface area contributed by atoms with E-state index in [2.05, 4.69) is 15.3 Å². The van der Waals surface area contributed by atoms with Crippen molar-refractivity contribution in [3.63, 3.8) is 0 Å². The summed E-state index contributed by atoms with van der Waals surface area (Å²) < 4.78 is 0. The number of nitrogens with one attached hydrogen (secondary N) is 1. The standard InChI is InChI=1S/C11H20N4O/c1-11(2,8-16)13-7-9-5-6-12-10(14-9)15(3)4/h5-6,13,16H,7-8H2,1-4H3. The minimum atomic E-state index is -0.288. The minimum absolute atomic E-state index is 0.0959. The van der Waals surface area contributed by atoms with Crippen molar-refractivity contribution in [2.75, 3.05) is 25.6 Å². The lowest BCUT2D eigenvalue weighted by Gasteiger charge is -2.23. The number of hydrogen-bond acceptors (Lipinski definition) is 5. The number of hydrogen-bond donors (Lipinski definition) is 2. The number of rotatable bonds is 5. The second kappa shape index (κ2) is 5.23. The molecular formula is C11H20N4O. The topological polar surface area (TPSA) is 61.3 Å². The fourth-order valence-corrected chi connectivity index (χ4v) is 1.08. The lowest BCUT2D eigenvalue weighted by Crippen LogP contribution is -2.42. The first kappa shape index (κ1) is 12.9. The van der Waals surface area contributed by atoms with Crippen LogP contribution in [0.25, 0.3) is 0 Å². The molecule has 0 unspecified atom stereocenters. The van der Waals surface area contributed by atoms with Gasteiger partial charge in [-0.2, -0.15) is 0 Å². The highest BCUT2D eigenvalue weighted by Gasteiger charge is 2.15. The maximum absolute atomic E-state index is 9.11. The van der Waals surface area contributed by atoms with E-state index in [1.165, 1.54) is 0 Å². The van der Waals surface area contributed by atoms with Gasteiger partial charge in [0.15, 0.2) is 0 Å². The summed E-state index contributed by atoms with van der Waals surface area (Å²) in [5.74, 6) is 0.695. The molecule has 1 heterocycles. The Hall–Kier alpha value is -1.20. The molecule has 0 aromatic carbocycles. The Morgan fingerprint density at radius 2 is 2.12 bits per heavy atom. The molecule has 0 spiro atoms. The molecule has 0 amide bonds. The summed E-state index contributed by atoms with van der Waals surface area (Å²) in [6.07, 6.45) is 1.74. The fourth-order valence-electron chi connectivity index (χ4n) is 1.08. The molecule has 0 aliphatic rings. The second-order valence-corrected chi connectivity index (χ2v) is 4.64. The lowest BCUT2D eigenvalue weighted by atomic mass is 10.1. The smallest absolute Gasteiger partial charge is 0.225 e. The molecule has 0 aliphatic heterocycles. The average molecular weight is 224 g/mol. The third-order valence-corrected chi connectivity index (χ3v) is 2.24. The lowest BCUT2D eigenvalue weighted by molar-refractivity contribution is 0.187. The van der Waals surface area contributed by atoms with Gasteiger partial charge in [-0.3, -0.25) is 0 Å². The van der Waals surface area contributed by atoms with E-state index in [-0.39, 0.29) is 12.1 Å². The summed E-state index contributed by atoms with van der Waals surface area (Å²) in [6, 6.07) is 1.87. The van der Waals surface area contributed by atoms with Crippen LogP contribution in [0.5, 0.6) is 0 Å². The predicted octanol–water partition coefficient (Wildman–Crippen LogP) is 0.403. The largest absolute Gasteiger partial charge is 0.394 e. The molecule has 1 rings (SSSR count). The van der Waals surface area contributed by atoms with E-state index in [9.17, 15) is 0 Å². The van der Waals surface area contributed by atoms with Gasteiger partial charge in [-0.15, -0.1) is 0 Å². The van der Waals surface area contributed by atoms with Gasteiger partial charge in [-0.25, -0.2) is 9.97 Å². The summed E-state index contributed by atoms with van der Waals surface area (Å²) in [6.45, 7) is 4.61. The van der Waals surface area contributed by atoms with Crippen molar-refractivity contribution in [1.29, 1.82) is 0 Å². The van der Waals surface area contributed by atoms with Gasteiger partial charge in [0.25, 0.3) is 0 Å². The second-order valence-electron chi connectivity index (χ2n) is 4.64. The van der Waals surface area contributed by atoms with Gasteiger partial charge in [-0.1, -0.05) is 0 Å². The molecule has 2 N–H and O–H groups in total. The molecule has 0 radical (unpaired) electrons. The van der Waals surface area contributed by atoms with Crippen LogP contribution < -0.4 is 10.2 Å². The van der Waals surface area contributed by atoms with E-state index in [4.69, 9.17) is 5.11 Å². The Morgan fingerprint density at radius 1 is 1.44 bits per heavy atom. The fraction of sp³-hybridized carbons (Fsp3) is 0.636. The van der Waals surface area contributed by atoms with Crippen LogP contribution in [-0.2, 0) is 6.54 Å². The van der Waals surface area contributed by atoms with Crippen molar-refractivity contribution in [2.24, 2.45) is 0 Å². The summed E-state index contributed by atoms with van der Waals surface area (Å²) >= 11 is 0. The van der Waals surface area contributed by atoms with Crippen molar-refractivity contribution in [3.8, 4) is 0 Å². The Labute approximate surface area is 96.5 Å². The Morgan fingerprint density at radius 3 is 2.69 bits per heavy atom. The van der Waals surface area contributed by atoms with Crippen molar-refractivity contribution in [1.82, 2.24) is 15.3 Å². The normalized spacial score (nSPS) is 11.6. The molecule has 0 saturated heterocycles. The van der Waals surface area contributed by atoms with E-state index in [0.717, 1.165) is 5.69 Å². The molecule has 1 aromatic rings. The van der Waals surface area contributed by atoms with Gasteiger partial charge in [0.2, 0.25) is 5.95 Å². The monoisotopic (exact) mass is 224 g/mol. The van der Waals surface area contributed by atoms with Gasteiger partial charge < -0.3 is 15.3 Å². The summed E-state index contributed by atoms with van der Waals surface area (Å²) in [4.78, 5) is 10.4. The molecule has 1 aromatic heterocycles. The van der Waals surface area contributed by atoms with Crippen LogP contribution in [0.15, 0.2) is 12.3 Å². The number of aliphatic hydroxyl groups excluding tert-OH is 1. The van der Waals surface area contributed by atoms with Gasteiger partial charge in [0, 0.05) is 32.4 Å². The molecular weight excluding hydrogens is 204 g/mol. The molecule has 0 fully saturated rings. The van der Waals surface area contributed by atoms with E-state index >= 15 is 0 Å². The highest BCUT2D eigenvalue weighted by atomic mass is 16.3. The summed E-state index contributed by atoms with van der Waals surface area (Å²) in [5.41, 5.74) is 0.628. The van der Waals surface area contributed by atoms with Gasteiger partial charge in [0.05, 0.1) is 12.3 Å². The SMILES string of the molecule is CN(C)c1nccc(CNC(C)(C)CO)n1. The molecule has 90 valence electrons. The first-order chi connectivity index (χ1) is 7.44. The molecule has 0 aliphatic carbocycles. The summed E-state index contributed by atoms with van der Waals surface area (Å²) in [7, 11) is 3.81. The minimum Gasteiger partial charge on any atom is -0.394 e. The zero-order valence-corrected chi connectivity index (χ0v) is 10.4. The van der Waals surface area contributed by atoms with E-state index in [1.54, 1.807) is 6.20 Å². The highest BCUT2D eigenvalue weighted by molar-refractivity contribution is 5.27. The third-order valence-electron chi connectivity index (χ3n) is 2.24. The zero-order chi connectivity index (χ0) is 12.2. The van der Waals surface area contributed by atoms with Crippen LogP contribution in [0.4, 0.5) is 5.95 Å². The third kappa shape index (κ3) is 3.75. The van der Waals surface area contributed by atoms with E-state index in [0.29, 0.717) is 12.5 Å². The van der Waals surface area contributed by atoms with Crippen LogP contribution in [0.3, 0.4) is 0 Å². The first-order valence-electron chi connectivity index (χ1n) is 5.30.